The van der Waals surface area contributed by atoms with E-state index >= 15 is 0 Å². The van der Waals surface area contributed by atoms with Crippen molar-refractivity contribution < 1.29 is 19.0 Å². The van der Waals surface area contributed by atoms with Crippen LogP contribution in [0.15, 0.2) is 72.8 Å². The lowest BCUT2D eigenvalue weighted by Crippen LogP contribution is -2.28. The molecule has 5 rings (SSSR count). The molecule has 0 bridgehead atoms. The van der Waals surface area contributed by atoms with Crippen LogP contribution in [0, 0.1) is 0 Å². The number of benzene rings is 3. The van der Waals surface area contributed by atoms with Crippen LogP contribution in [0.2, 0.25) is 0 Å². The van der Waals surface area contributed by atoms with Gasteiger partial charge in [-0.15, -0.1) is 0 Å². The molecule has 0 saturated heterocycles. The maximum absolute atomic E-state index is 13.4. The van der Waals surface area contributed by atoms with Crippen LogP contribution >= 0.6 is 11.3 Å². The zero-order valence-corrected chi connectivity index (χ0v) is 18.9. The first-order valence-corrected chi connectivity index (χ1v) is 11.5. The van der Waals surface area contributed by atoms with Gasteiger partial charge in [-0.1, -0.05) is 53.8 Å². The molecule has 3 aromatic carbocycles. The molecule has 1 aliphatic rings. The molecule has 0 spiro atoms. The van der Waals surface area contributed by atoms with E-state index < -0.39 is 0 Å². The van der Waals surface area contributed by atoms with E-state index in [-0.39, 0.29) is 12.7 Å². The molecular formula is C26H22N2O4S. The van der Waals surface area contributed by atoms with Crippen LogP contribution in [0.1, 0.15) is 18.1 Å². The molecular weight excluding hydrogens is 436 g/mol. The quantitative estimate of drug-likeness (QED) is 0.334. The van der Waals surface area contributed by atoms with Crippen molar-refractivity contribution in [2.45, 2.75) is 13.5 Å². The van der Waals surface area contributed by atoms with Gasteiger partial charge in [0, 0.05) is 6.08 Å². The van der Waals surface area contributed by atoms with Gasteiger partial charge in [-0.2, -0.15) is 0 Å². The van der Waals surface area contributed by atoms with E-state index in [9.17, 15) is 4.79 Å². The summed E-state index contributed by atoms with van der Waals surface area (Å²) in [6.07, 6.45) is 3.34. The Hall–Kier alpha value is -3.84. The number of hydrogen-bond acceptors (Lipinski definition) is 6. The second kappa shape index (κ2) is 9.34. The molecule has 0 N–H and O–H groups in total. The highest BCUT2D eigenvalue weighted by Gasteiger charge is 2.20. The third kappa shape index (κ3) is 4.54. The number of thiazole rings is 1. The fourth-order valence-electron chi connectivity index (χ4n) is 3.58. The monoisotopic (exact) mass is 458 g/mol. The highest BCUT2D eigenvalue weighted by Crippen LogP contribution is 2.35. The van der Waals surface area contributed by atoms with Crippen LogP contribution < -0.4 is 19.1 Å². The molecule has 0 radical (unpaired) electrons. The maximum Gasteiger partial charge on any atom is 0.253 e. The van der Waals surface area contributed by atoms with Crippen molar-refractivity contribution in [2.24, 2.45) is 0 Å². The summed E-state index contributed by atoms with van der Waals surface area (Å²) in [5.41, 5.74) is 2.65. The molecule has 0 fully saturated rings. The fourth-order valence-corrected chi connectivity index (χ4v) is 4.57. The van der Waals surface area contributed by atoms with Crippen molar-refractivity contribution in [1.29, 1.82) is 0 Å². The Morgan fingerprint density at radius 1 is 1.09 bits per heavy atom. The maximum atomic E-state index is 13.4. The van der Waals surface area contributed by atoms with Gasteiger partial charge in [-0.3, -0.25) is 9.69 Å². The van der Waals surface area contributed by atoms with Crippen molar-refractivity contribution in [1.82, 2.24) is 4.98 Å². The molecule has 0 unspecified atom stereocenters. The minimum Gasteiger partial charge on any atom is -0.492 e. The SMILES string of the molecule is CCOc1cccc2sc(N(Cc3ccccc3)C(=O)/C=C/c3ccc4c(c3)OCO4)nc12. The highest BCUT2D eigenvalue weighted by atomic mass is 32.1. The van der Waals surface area contributed by atoms with Crippen molar-refractivity contribution in [3.05, 3.63) is 83.9 Å². The van der Waals surface area contributed by atoms with Crippen molar-refractivity contribution in [2.75, 3.05) is 18.3 Å². The van der Waals surface area contributed by atoms with Gasteiger partial charge in [0.15, 0.2) is 16.6 Å². The van der Waals surface area contributed by atoms with Gasteiger partial charge >= 0.3 is 0 Å². The Balaban J connectivity index is 1.47. The van der Waals surface area contributed by atoms with E-state index in [4.69, 9.17) is 19.2 Å². The summed E-state index contributed by atoms with van der Waals surface area (Å²) in [5, 5.41) is 0.626. The first-order chi connectivity index (χ1) is 16.2. The van der Waals surface area contributed by atoms with Gasteiger partial charge in [-0.05, 0) is 48.4 Å². The van der Waals surface area contributed by atoms with Crippen molar-refractivity contribution in [3.63, 3.8) is 0 Å². The zero-order chi connectivity index (χ0) is 22.6. The third-order valence-corrected chi connectivity index (χ3v) is 6.21. The second-order valence-corrected chi connectivity index (χ2v) is 8.40. The van der Waals surface area contributed by atoms with Gasteiger partial charge < -0.3 is 14.2 Å². The highest BCUT2D eigenvalue weighted by molar-refractivity contribution is 7.22. The molecule has 166 valence electrons. The summed E-state index contributed by atoms with van der Waals surface area (Å²) in [4.78, 5) is 19.8. The van der Waals surface area contributed by atoms with Crippen molar-refractivity contribution >= 4 is 38.7 Å². The lowest BCUT2D eigenvalue weighted by molar-refractivity contribution is -0.114. The fraction of sp³-hybridized carbons (Fsp3) is 0.154. The minimum absolute atomic E-state index is 0.159. The summed E-state index contributed by atoms with van der Waals surface area (Å²) >= 11 is 1.47. The number of nitrogens with zero attached hydrogens (tertiary/aromatic N) is 2. The number of amides is 1. The van der Waals surface area contributed by atoms with Crippen LogP contribution in [0.3, 0.4) is 0 Å². The van der Waals surface area contributed by atoms with Gasteiger partial charge in [0.1, 0.15) is 11.3 Å². The van der Waals surface area contributed by atoms with E-state index in [2.05, 4.69) is 0 Å². The standard InChI is InChI=1S/C26H22N2O4S/c1-2-30-21-9-6-10-23-25(21)27-26(33-23)28(16-19-7-4-3-5-8-19)24(29)14-12-18-11-13-20-22(15-18)32-17-31-20/h3-15H,2,16-17H2,1H3/b14-12+. The first kappa shape index (κ1) is 21.0. The molecule has 33 heavy (non-hydrogen) atoms. The predicted octanol–water partition coefficient (Wildman–Crippen LogP) is 5.67. The van der Waals surface area contributed by atoms with E-state index in [0.717, 1.165) is 27.1 Å². The summed E-state index contributed by atoms with van der Waals surface area (Å²) in [6.45, 7) is 3.12. The number of ether oxygens (including phenoxy) is 3. The summed E-state index contributed by atoms with van der Waals surface area (Å²) < 4.78 is 17.5. The molecule has 0 saturated carbocycles. The van der Waals surface area contributed by atoms with E-state index in [1.54, 1.807) is 17.1 Å². The Morgan fingerprint density at radius 2 is 1.94 bits per heavy atom. The van der Waals surface area contributed by atoms with Crippen LogP contribution in [-0.4, -0.2) is 24.3 Å². The Morgan fingerprint density at radius 3 is 2.79 bits per heavy atom. The predicted molar refractivity (Wildman–Crippen MR) is 130 cm³/mol. The molecule has 6 nitrogen and oxygen atoms in total. The Kier molecular flexibility index (Phi) is 5.95. The number of hydrogen-bond donors (Lipinski definition) is 0. The Bertz CT molecular complexity index is 1320. The normalized spacial score (nSPS) is 12.4. The second-order valence-electron chi connectivity index (χ2n) is 7.39. The lowest BCUT2D eigenvalue weighted by atomic mass is 10.2. The summed E-state index contributed by atoms with van der Waals surface area (Å²) in [6, 6.07) is 21.3. The number of anilines is 1. The van der Waals surface area contributed by atoms with Crippen LogP contribution in [0.25, 0.3) is 16.3 Å². The van der Waals surface area contributed by atoms with Gasteiger partial charge in [-0.25, -0.2) is 4.98 Å². The molecule has 0 atom stereocenters. The smallest absolute Gasteiger partial charge is 0.253 e. The topological polar surface area (TPSA) is 60.9 Å². The van der Waals surface area contributed by atoms with Crippen LogP contribution in [0.4, 0.5) is 5.13 Å². The average Bonchev–Trinajstić information content (AvgIpc) is 3.49. The first-order valence-electron chi connectivity index (χ1n) is 10.7. The molecule has 1 aromatic heterocycles. The van der Waals surface area contributed by atoms with E-state index in [1.165, 1.54) is 11.3 Å². The largest absolute Gasteiger partial charge is 0.492 e. The Labute approximate surface area is 195 Å². The zero-order valence-electron chi connectivity index (χ0n) is 18.1. The molecule has 2 heterocycles. The molecule has 1 aliphatic heterocycles. The van der Waals surface area contributed by atoms with Crippen LogP contribution in [-0.2, 0) is 11.3 Å². The lowest BCUT2D eigenvalue weighted by Gasteiger charge is -2.18. The molecule has 7 heteroatoms. The minimum atomic E-state index is -0.159. The van der Waals surface area contributed by atoms with Crippen LogP contribution in [0.5, 0.6) is 17.2 Å². The summed E-state index contributed by atoms with van der Waals surface area (Å²) in [5.74, 6) is 1.96. The molecule has 4 aromatic rings. The molecule has 1 amide bonds. The third-order valence-electron chi connectivity index (χ3n) is 5.17. The van der Waals surface area contributed by atoms with Gasteiger partial charge in [0.25, 0.3) is 5.91 Å². The van der Waals surface area contributed by atoms with E-state index in [0.29, 0.717) is 29.8 Å². The average molecular weight is 459 g/mol. The van der Waals surface area contributed by atoms with E-state index in [1.807, 2.05) is 73.7 Å². The number of carbonyl (C=O) groups is 1. The molecule has 0 aliphatic carbocycles. The number of carbonyl (C=O) groups excluding carboxylic acids is 1. The summed E-state index contributed by atoms with van der Waals surface area (Å²) in [7, 11) is 0. The number of rotatable bonds is 7. The number of aromatic nitrogens is 1. The van der Waals surface area contributed by atoms with Crippen molar-refractivity contribution in [3.8, 4) is 17.2 Å². The van der Waals surface area contributed by atoms with Gasteiger partial charge in [0.05, 0.1) is 17.9 Å². The number of fused-ring (bicyclic) bond motifs is 2. The van der Waals surface area contributed by atoms with Gasteiger partial charge in [0.2, 0.25) is 6.79 Å². The number of para-hydroxylation sites is 1.